The molecule has 0 amide bonds. The number of benzene rings is 1. The van der Waals surface area contributed by atoms with Crippen molar-refractivity contribution in [1.82, 2.24) is 4.57 Å². The molecule has 0 spiro atoms. The number of rotatable bonds is 4. The number of carbonyl (C=O) groups excluding carboxylic acids is 1. The fraction of sp³-hybridized carbons (Fsp3) is 0.227. The number of nitrogens with zero attached hydrogens (tertiary/aromatic N) is 2. The Morgan fingerprint density at radius 2 is 2.10 bits per heavy atom. The molecule has 1 aliphatic rings. The van der Waals surface area contributed by atoms with Crippen molar-refractivity contribution in [3.63, 3.8) is 0 Å². The highest BCUT2D eigenvalue weighted by Gasteiger charge is 2.33. The van der Waals surface area contributed by atoms with Gasteiger partial charge in [0.15, 0.2) is 4.80 Å². The van der Waals surface area contributed by atoms with Crippen molar-refractivity contribution in [3.8, 4) is 0 Å². The molecular formula is C22H20N2O3S2. The van der Waals surface area contributed by atoms with E-state index >= 15 is 0 Å². The zero-order chi connectivity index (χ0) is 20.5. The van der Waals surface area contributed by atoms with Crippen LogP contribution in [0.15, 0.2) is 62.8 Å². The number of allylic oxidation sites excluding steroid dienone is 1. The lowest BCUT2D eigenvalue weighted by atomic mass is 10.0. The van der Waals surface area contributed by atoms with Gasteiger partial charge in [0.05, 0.1) is 22.4 Å². The van der Waals surface area contributed by atoms with Gasteiger partial charge < -0.3 is 4.74 Å². The number of carbonyl (C=O) groups is 1. The van der Waals surface area contributed by atoms with E-state index in [0.29, 0.717) is 20.6 Å². The standard InChI is InChI=1S/C22H20N2O3S2/c1-4-27-21(26)18-14(3)23-22-24(19(18)16-9-6-10-28-16)20(25)17(29-22)12-15-8-5-7-13(2)11-15/h5-12,19H,4H2,1-3H3/b17-12-. The van der Waals surface area contributed by atoms with Crippen LogP contribution in [-0.2, 0) is 9.53 Å². The summed E-state index contributed by atoms with van der Waals surface area (Å²) in [6.07, 6.45) is 1.88. The lowest BCUT2D eigenvalue weighted by molar-refractivity contribution is -0.139. The molecule has 3 aromatic rings. The molecule has 5 nitrogen and oxygen atoms in total. The Kier molecular flexibility index (Phi) is 5.34. The topological polar surface area (TPSA) is 60.7 Å². The van der Waals surface area contributed by atoms with Crippen LogP contribution in [-0.4, -0.2) is 17.1 Å². The van der Waals surface area contributed by atoms with E-state index in [4.69, 9.17) is 4.74 Å². The summed E-state index contributed by atoms with van der Waals surface area (Å²) in [6.45, 7) is 5.85. The second-order valence-electron chi connectivity index (χ2n) is 6.73. The first-order valence-electron chi connectivity index (χ1n) is 9.29. The van der Waals surface area contributed by atoms with E-state index in [-0.39, 0.29) is 12.2 Å². The molecule has 1 aliphatic heterocycles. The fourth-order valence-corrected chi connectivity index (χ4v) is 5.29. The van der Waals surface area contributed by atoms with E-state index in [1.54, 1.807) is 18.4 Å². The van der Waals surface area contributed by atoms with Gasteiger partial charge in [-0.3, -0.25) is 9.36 Å². The molecule has 1 unspecified atom stereocenters. The quantitative estimate of drug-likeness (QED) is 0.605. The number of aryl methyl sites for hydroxylation is 1. The van der Waals surface area contributed by atoms with Crippen LogP contribution >= 0.6 is 22.7 Å². The number of thiazole rings is 1. The van der Waals surface area contributed by atoms with E-state index in [2.05, 4.69) is 4.99 Å². The van der Waals surface area contributed by atoms with Gasteiger partial charge >= 0.3 is 5.97 Å². The summed E-state index contributed by atoms with van der Waals surface area (Å²) in [5.41, 5.74) is 2.95. The maximum Gasteiger partial charge on any atom is 0.338 e. The minimum Gasteiger partial charge on any atom is -0.463 e. The molecule has 0 fully saturated rings. The predicted molar refractivity (Wildman–Crippen MR) is 116 cm³/mol. The van der Waals surface area contributed by atoms with Gasteiger partial charge in [0.1, 0.15) is 6.04 Å². The van der Waals surface area contributed by atoms with Crippen molar-refractivity contribution in [2.45, 2.75) is 26.8 Å². The second kappa shape index (κ2) is 7.93. The summed E-state index contributed by atoms with van der Waals surface area (Å²) >= 11 is 2.85. The molecule has 3 heterocycles. The Morgan fingerprint density at radius 3 is 2.79 bits per heavy atom. The molecule has 29 heavy (non-hydrogen) atoms. The van der Waals surface area contributed by atoms with Gasteiger partial charge in [0, 0.05) is 4.88 Å². The summed E-state index contributed by atoms with van der Waals surface area (Å²) in [5.74, 6) is -0.430. The van der Waals surface area contributed by atoms with Crippen LogP contribution in [0.5, 0.6) is 0 Å². The zero-order valence-corrected chi connectivity index (χ0v) is 18.0. The summed E-state index contributed by atoms with van der Waals surface area (Å²) in [6, 6.07) is 11.3. The lowest BCUT2D eigenvalue weighted by Crippen LogP contribution is -2.39. The third kappa shape index (κ3) is 3.63. The van der Waals surface area contributed by atoms with E-state index in [0.717, 1.165) is 16.0 Å². The molecule has 2 aromatic heterocycles. The Morgan fingerprint density at radius 1 is 1.28 bits per heavy atom. The highest BCUT2D eigenvalue weighted by molar-refractivity contribution is 7.10. The third-order valence-electron chi connectivity index (χ3n) is 4.67. The van der Waals surface area contributed by atoms with Crippen LogP contribution < -0.4 is 14.9 Å². The van der Waals surface area contributed by atoms with Crippen molar-refractivity contribution in [2.75, 3.05) is 6.61 Å². The summed E-state index contributed by atoms with van der Waals surface area (Å²) in [7, 11) is 0. The van der Waals surface area contributed by atoms with Crippen molar-refractivity contribution < 1.29 is 9.53 Å². The van der Waals surface area contributed by atoms with E-state index in [9.17, 15) is 9.59 Å². The summed E-state index contributed by atoms with van der Waals surface area (Å²) < 4.78 is 7.49. The molecule has 0 radical (unpaired) electrons. The SMILES string of the molecule is CCOC(=O)C1=C(C)N=c2s/c(=C\c3cccc(C)c3)c(=O)n2C1c1cccs1. The number of hydrogen-bond donors (Lipinski definition) is 0. The average Bonchev–Trinajstić information content (AvgIpc) is 3.30. The molecule has 0 saturated heterocycles. The van der Waals surface area contributed by atoms with Gasteiger partial charge in [-0.2, -0.15) is 0 Å². The molecule has 0 bridgehead atoms. The van der Waals surface area contributed by atoms with Gasteiger partial charge in [0.2, 0.25) is 0 Å². The van der Waals surface area contributed by atoms with E-state index in [1.165, 1.54) is 22.7 Å². The molecule has 4 rings (SSSR count). The Hall–Kier alpha value is -2.77. The summed E-state index contributed by atoms with van der Waals surface area (Å²) in [5, 5.41) is 1.94. The molecule has 0 N–H and O–H groups in total. The van der Waals surface area contributed by atoms with Gasteiger partial charge in [-0.05, 0) is 43.9 Å². The third-order valence-corrected chi connectivity index (χ3v) is 6.58. The first kappa shape index (κ1) is 19.5. The first-order valence-corrected chi connectivity index (χ1v) is 11.0. The second-order valence-corrected chi connectivity index (χ2v) is 8.72. The van der Waals surface area contributed by atoms with Gasteiger partial charge in [-0.25, -0.2) is 9.79 Å². The van der Waals surface area contributed by atoms with Crippen LogP contribution in [0.2, 0.25) is 0 Å². The predicted octanol–water partition coefficient (Wildman–Crippen LogP) is 3.17. The number of hydrogen-bond acceptors (Lipinski definition) is 6. The van der Waals surface area contributed by atoms with Crippen LogP contribution in [0.25, 0.3) is 6.08 Å². The largest absolute Gasteiger partial charge is 0.463 e. The highest BCUT2D eigenvalue weighted by atomic mass is 32.1. The normalized spacial score (nSPS) is 16.5. The molecular weight excluding hydrogens is 404 g/mol. The van der Waals surface area contributed by atoms with Crippen LogP contribution in [0.3, 0.4) is 0 Å². The Balaban J connectivity index is 1.94. The average molecular weight is 425 g/mol. The minimum absolute atomic E-state index is 0.150. The maximum absolute atomic E-state index is 13.4. The Bertz CT molecular complexity index is 1280. The number of thiophene rings is 1. The molecule has 1 aromatic carbocycles. The van der Waals surface area contributed by atoms with Crippen molar-refractivity contribution in [2.24, 2.45) is 4.99 Å². The first-order chi connectivity index (χ1) is 14.0. The number of aromatic nitrogens is 1. The highest BCUT2D eigenvalue weighted by Crippen LogP contribution is 2.33. The lowest BCUT2D eigenvalue weighted by Gasteiger charge is -2.23. The zero-order valence-electron chi connectivity index (χ0n) is 16.3. The van der Waals surface area contributed by atoms with Crippen LogP contribution in [0.1, 0.15) is 35.9 Å². The monoisotopic (exact) mass is 424 g/mol. The number of esters is 1. The van der Waals surface area contributed by atoms with Gasteiger partial charge in [0.25, 0.3) is 5.56 Å². The van der Waals surface area contributed by atoms with E-state index < -0.39 is 12.0 Å². The Labute approximate surface area is 175 Å². The van der Waals surface area contributed by atoms with E-state index in [1.807, 2.05) is 54.8 Å². The molecule has 1 atom stereocenters. The molecule has 0 saturated carbocycles. The molecule has 148 valence electrons. The van der Waals surface area contributed by atoms with Crippen molar-refractivity contribution in [1.29, 1.82) is 0 Å². The molecule has 0 aliphatic carbocycles. The van der Waals surface area contributed by atoms with Crippen molar-refractivity contribution in [3.05, 3.63) is 88.7 Å². The van der Waals surface area contributed by atoms with Gasteiger partial charge in [-0.1, -0.05) is 47.2 Å². The smallest absolute Gasteiger partial charge is 0.338 e. The summed E-state index contributed by atoms with van der Waals surface area (Å²) in [4.78, 5) is 32.1. The maximum atomic E-state index is 13.4. The van der Waals surface area contributed by atoms with Crippen molar-refractivity contribution >= 4 is 34.7 Å². The number of fused-ring (bicyclic) bond motifs is 1. The molecule has 7 heteroatoms. The van der Waals surface area contributed by atoms with Crippen LogP contribution in [0, 0.1) is 6.92 Å². The minimum atomic E-state index is -0.523. The number of ether oxygens (including phenoxy) is 1. The van der Waals surface area contributed by atoms with Crippen LogP contribution in [0.4, 0.5) is 0 Å². The van der Waals surface area contributed by atoms with Gasteiger partial charge in [-0.15, -0.1) is 11.3 Å². The fourth-order valence-electron chi connectivity index (χ4n) is 3.42.